The van der Waals surface area contributed by atoms with Gasteiger partial charge in [-0.05, 0) is 72.5 Å². The summed E-state index contributed by atoms with van der Waals surface area (Å²) in [5.74, 6) is -0.840. The lowest BCUT2D eigenvalue weighted by Gasteiger charge is -2.28. The topological polar surface area (TPSA) is 97.6 Å². The van der Waals surface area contributed by atoms with E-state index < -0.39 is 16.8 Å². The molecular weight excluding hydrogens is 348 g/mol. The van der Waals surface area contributed by atoms with Crippen LogP contribution < -0.4 is 15.0 Å². The Kier molecular flexibility index (Phi) is 5.85. The summed E-state index contributed by atoms with van der Waals surface area (Å²) in [6.45, 7) is 3.65. The Hall–Kier alpha value is -3.16. The normalized spacial score (nSPS) is 15.1. The molecule has 0 saturated carbocycles. The number of hydrogen-bond donors (Lipinski definition) is 1. The number of carbonyl (C=O) groups is 1. The van der Waals surface area contributed by atoms with Gasteiger partial charge >= 0.3 is 5.82 Å². The van der Waals surface area contributed by atoms with Crippen LogP contribution in [0.3, 0.4) is 0 Å². The molecule has 1 N–H and O–H groups in total. The summed E-state index contributed by atoms with van der Waals surface area (Å²) < 4.78 is 5.44. The first-order chi connectivity index (χ1) is 13.0. The van der Waals surface area contributed by atoms with Crippen molar-refractivity contribution in [2.75, 3.05) is 23.3 Å². The van der Waals surface area contributed by atoms with Gasteiger partial charge in [-0.3, -0.25) is 4.79 Å². The van der Waals surface area contributed by atoms with Crippen LogP contribution in [0.2, 0.25) is 0 Å². The average molecular weight is 370 g/mol. The Labute approximate surface area is 157 Å². The number of rotatable bonds is 6. The first-order valence-corrected chi connectivity index (χ1v) is 8.96. The van der Waals surface area contributed by atoms with Crippen molar-refractivity contribution in [1.82, 2.24) is 4.98 Å². The summed E-state index contributed by atoms with van der Waals surface area (Å²) in [4.78, 5) is 28.7. The lowest BCUT2D eigenvalue weighted by Crippen LogP contribution is -2.30. The Morgan fingerprint density at radius 3 is 2.59 bits per heavy atom. The number of pyridine rings is 1. The Morgan fingerprint density at radius 2 is 1.93 bits per heavy atom. The second-order valence-electron chi connectivity index (χ2n) is 6.43. The van der Waals surface area contributed by atoms with Crippen LogP contribution in [0.5, 0.6) is 5.75 Å². The monoisotopic (exact) mass is 370 g/mol. The molecule has 1 aromatic carbocycles. The predicted octanol–water partition coefficient (Wildman–Crippen LogP) is 3.39. The Morgan fingerprint density at radius 1 is 1.22 bits per heavy atom. The summed E-state index contributed by atoms with van der Waals surface area (Å²) in [5.41, 5.74) is 1.79. The van der Waals surface area contributed by atoms with E-state index in [1.807, 2.05) is 24.3 Å². The average Bonchev–Trinajstić information content (AvgIpc) is 2.69. The molecule has 1 aliphatic heterocycles. The van der Waals surface area contributed by atoms with Crippen LogP contribution in [-0.4, -0.2) is 35.0 Å². The zero-order valence-corrected chi connectivity index (χ0v) is 15.1. The predicted molar refractivity (Wildman–Crippen MR) is 102 cm³/mol. The van der Waals surface area contributed by atoms with E-state index in [1.165, 1.54) is 44.5 Å². The first kappa shape index (κ1) is 18.6. The zero-order chi connectivity index (χ0) is 19.2. The summed E-state index contributed by atoms with van der Waals surface area (Å²) in [5, 5.41) is 13.8. The maximum absolute atomic E-state index is 12.3. The second kappa shape index (κ2) is 8.48. The molecule has 142 valence electrons. The van der Waals surface area contributed by atoms with Crippen LogP contribution in [0.25, 0.3) is 0 Å². The fraction of sp³-hybridized carbons (Fsp3) is 0.368. The molecule has 0 spiro atoms. The van der Waals surface area contributed by atoms with Crippen LogP contribution in [-0.2, 0) is 4.79 Å². The lowest BCUT2D eigenvalue weighted by atomic mass is 10.1. The van der Waals surface area contributed by atoms with Gasteiger partial charge in [-0.2, -0.15) is 0 Å². The minimum absolute atomic E-state index is 0.0365. The third-order valence-electron chi connectivity index (χ3n) is 4.45. The number of ether oxygens (including phenoxy) is 1. The molecule has 1 aromatic heterocycles. The maximum Gasteiger partial charge on any atom is 0.406 e. The molecule has 1 fully saturated rings. The highest BCUT2D eigenvalue weighted by Crippen LogP contribution is 2.25. The Balaban J connectivity index is 1.60. The first-order valence-electron chi connectivity index (χ1n) is 8.96. The summed E-state index contributed by atoms with van der Waals surface area (Å²) in [6.07, 6.45) is 4.08. The van der Waals surface area contributed by atoms with Crippen molar-refractivity contribution >= 4 is 23.1 Å². The van der Waals surface area contributed by atoms with Crippen molar-refractivity contribution in [3.8, 4) is 5.75 Å². The Bertz CT molecular complexity index is 804. The van der Waals surface area contributed by atoms with E-state index in [9.17, 15) is 14.9 Å². The molecule has 3 rings (SSSR count). The third-order valence-corrected chi connectivity index (χ3v) is 4.45. The number of nitrogens with zero attached hydrogens (tertiary/aromatic N) is 3. The van der Waals surface area contributed by atoms with Crippen molar-refractivity contribution in [3.63, 3.8) is 0 Å². The fourth-order valence-corrected chi connectivity index (χ4v) is 3.01. The summed E-state index contributed by atoms with van der Waals surface area (Å²) in [6, 6.07) is 10.6. The van der Waals surface area contributed by atoms with E-state index in [4.69, 9.17) is 4.74 Å². The number of nitrogens with one attached hydrogen (secondary N) is 1. The van der Waals surface area contributed by atoms with Gasteiger partial charge in [0.2, 0.25) is 5.75 Å². The van der Waals surface area contributed by atoms with Gasteiger partial charge in [-0.25, -0.2) is 0 Å². The number of aromatic nitrogens is 1. The number of piperidine rings is 1. The molecule has 0 radical (unpaired) electrons. The van der Waals surface area contributed by atoms with E-state index in [0.717, 1.165) is 18.8 Å². The molecule has 2 heterocycles. The molecule has 1 aliphatic rings. The van der Waals surface area contributed by atoms with Crippen LogP contribution >= 0.6 is 0 Å². The zero-order valence-electron chi connectivity index (χ0n) is 15.1. The summed E-state index contributed by atoms with van der Waals surface area (Å²) >= 11 is 0. The number of nitro groups is 1. The molecule has 1 saturated heterocycles. The van der Waals surface area contributed by atoms with E-state index in [0.29, 0.717) is 5.69 Å². The van der Waals surface area contributed by atoms with Gasteiger partial charge in [0, 0.05) is 24.5 Å². The van der Waals surface area contributed by atoms with E-state index in [2.05, 4.69) is 15.2 Å². The number of carbonyl (C=O) groups excluding carboxylic acids is 1. The molecule has 27 heavy (non-hydrogen) atoms. The van der Waals surface area contributed by atoms with Crippen molar-refractivity contribution < 1.29 is 14.5 Å². The molecule has 2 aromatic rings. The van der Waals surface area contributed by atoms with Gasteiger partial charge in [0.05, 0.1) is 0 Å². The van der Waals surface area contributed by atoms with Crippen molar-refractivity contribution in [2.45, 2.75) is 32.3 Å². The maximum atomic E-state index is 12.3. The molecule has 8 heteroatoms. The van der Waals surface area contributed by atoms with Gasteiger partial charge < -0.3 is 25.1 Å². The van der Waals surface area contributed by atoms with Crippen molar-refractivity contribution in [3.05, 3.63) is 52.7 Å². The molecule has 1 amide bonds. The van der Waals surface area contributed by atoms with Gasteiger partial charge in [0.25, 0.3) is 5.91 Å². The molecular formula is C19H22N4O4. The molecule has 0 unspecified atom stereocenters. The van der Waals surface area contributed by atoms with Crippen LogP contribution in [0.1, 0.15) is 26.2 Å². The molecule has 1 atom stereocenters. The van der Waals surface area contributed by atoms with Gasteiger partial charge in [0.15, 0.2) is 6.10 Å². The SMILES string of the molecule is C[C@@H](Oc1cccnc1[N+](=O)[O-])C(=O)Nc1ccc(N2CCCCC2)cc1. The highest BCUT2D eigenvalue weighted by molar-refractivity contribution is 5.94. The van der Waals surface area contributed by atoms with Gasteiger partial charge in [-0.1, -0.05) is 0 Å². The minimum Gasteiger partial charge on any atom is -0.473 e. The van der Waals surface area contributed by atoms with E-state index in [-0.39, 0.29) is 11.7 Å². The van der Waals surface area contributed by atoms with Crippen LogP contribution in [0.15, 0.2) is 42.6 Å². The van der Waals surface area contributed by atoms with Crippen molar-refractivity contribution in [2.24, 2.45) is 0 Å². The molecule has 8 nitrogen and oxygen atoms in total. The van der Waals surface area contributed by atoms with Gasteiger partial charge in [-0.15, -0.1) is 0 Å². The second-order valence-corrected chi connectivity index (χ2v) is 6.43. The fourth-order valence-electron chi connectivity index (χ4n) is 3.01. The summed E-state index contributed by atoms with van der Waals surface area (Å²) in [7, 11) is 0. The quantitative estimate of drug-likeness (QED) is 0.618. The van der Waals surface area contributed by atoms with E-state index in [1.54, 1.807) is 0 Å². The molecule has 0 aliphatic carbocycles. The van der Waals surface area contributed by atoms with Crippen LogP contribution in [0, 0.1) is 10.1 Å². The standard InChI is InChI=1S/C19H22N4O4/c1-14(27-17-6-5-11-20-18(17)23(25)26)19(24)21-15-7-9-16(10-8-15)22-12-3-2-4-13-22/h5-11,14H,2-4,12-13H2,1H3,(H,21,24)/t14-/m1/s1. The van der Waals surface area contributed by atoms with Crippen molar-refractivity contribution in [1.29, 1.82) is 0 Å². The van der Waals surface area contributed by atoms with Crippen LogP contribution in [0.4, 0.5) is 17.2 Å². The number of hydrogen-bond acceptors (Lipinski definition) is 6. The molecule has 0 bridgehead atoms. The number of amides is 1. The highest BCUT2D eigenvalue weighted by atomic mass is 16.6. The third kappa shape index (κ3) is 4.72. The smallest absolute Gasteiger partial charge is 0.406 e. The van der Waals surface area contributed by atoms with Gasteiger partial charge in [0.1, 0.15) is 6.20 Å². The number of anilines is 2. The van der Waals surface area contributed by atoms with E-state index >= 15 is 0 Å². The largest absolute Gasteiger partial charge is 0.473 e. The highest BCUT2D eigenvalue weighted by Gasteiger charge is 2.22. The minimum atomic E-state index is -0.908. The lowest BCUT2D eigenvalue weighted by molar-refractivity contribution is -0.390. The number of benzene rings is 1.